The minimum Gasteiger partial charge on any atom is -0.423 e. The van der Waals surface area contributed by atoms with Crippen LogP contribution in [0.3, 0.4) is 0 Å². The molecule has 0 aliphatic carbocycles. The Balaban J connectivity index is 2.41. The van der Waals surface area contributed by atoms with Crippen molar-refractivity contribution in [3.63, 3.8) is 0 Å². The number of carbonyl (C=O) groups is 1. The van der Waals surface area contributed by atoms with Crippen LogP contribution in [0.1, 0.15) is 10.4 Å². The van der Waals surface area contributed by atoms with Gasteiger partial charge in [-0.3, -0.25) is 40.5 Å². The number of nitro groups is 4. The topological polar surface area (TPSA) is 199 Å². The van der Waals surface area contributed by atoms with Crippen molar-refractivity contribution in [3.05, 3.63) is 82.4 Å². The quantitative estimate of drug-likeness (QED) is 0.311. The van der Waals surface area contributed by atoms with Gasteiger partial charge in [0, 0.05) is 18.2 Å². The summed E-state index contributed by atoms with van der Waals surface area (Å²) in [5.74, 6) is -1.75. The number of nitrogens with zero attached hydrogens (tertiary/aromatic N) is 4. The van der Waals surface area contributed by atoms with Crippen LogP contribution in [0, 0.1) is 40.5 Å². The van der Waals surface area contributed by atoms with Gasteiger partial charge in [0.05, 0.1) is 37.4 Å². The number of hydrogen-bond acceptors (Lipinski definition) is 10. The lowest BCUT2D eigenvalue weighted by Crippen LogP contribution is -2.10. The van der Waals surface area contributed by atoms with E-state index in [0.717, 1.165) is 24.3 Å². The van der Waals surface area contributed by atoms with Gasteiger partial charge in [0.25, 0.3) is 11.4 Å². The summed E-state index contributed by atoms with van der Waals surface area (Å²) in [7, 11) is 0. The fraction of sp³-hybridized carbons (Fsp3) is 0. The molecule has 0 saturated heterocycles. The van der Waals surface area contributed by atoms with E-state index in [-0.39, 0.29) is 0 Å². The average molecular weight is 378 g/mol. The first-order valence-corrected chi connectivity index (χ1v) is 6.69. The molecule has 0 bridgehead atoms. The molecule has 0 saturated carbocycles. The van der Waals surface area contributed by atoms with E-state index in [9.17, 15) is 45.3 Å². The van der Waals surface area contributed by atoms with Gasteiger partial charge in [-0.25, -0.2) is 4.79 Å². The van der Waals surface area contributed by atoms with E-state index in [1.807, 2.05) is 0 Å². The molecule has 0 aliphatic rings. The van der Waals surface area contributed by atoms with Crippen molar-refractivity contribution in [2.45, 2.75) is 0 Å². The summed E-state index contributed by atoms with van der Waals surface area (Å²) in [6, 6.07) is 4.31. The van der Waals surface area contributed by atoms with Gasteiger partial charge in [0.15, 0.2) is 0 Å². The molecule has 2 aromatic rings. The molecule has 0 spiro atoms. The van der Waals surface area contributed by atoms with Crippen LogP contribution < -0.4 is 4.74 Å². The van der Waals surface area contributed by atoms with Gasteiger partial charge in [-0.2, -0.15) is 0 Å². The monoisotopic (exact) mass is 378 g/mol. The van der Waals surface area contributed by atoms with E-state index in [0.29, 0.717) is 12.1 Å². The molecule has 138 valence electrons. The Morgan fingerprint density at radius 3 is 1.67 bits per heavy atom. The fourth-order valence-corrected chi connectivity index (χ4v) is 1.96. The number of non-ortho nitro benzene ring substituents is 2. The van der Waals surface area contributed by atoms with Crippen molar-refractivity contribution < 1.29 is 29.2 Å². The van der Waals surface area contributed by atoms with Crippen LogP contribution in [0.2, 0.25) is 0 Å². The van der Waals surface area contributed by atoms with Gasteiger partial charge >= 0.3 is 17.3 Å². The Labute approximate surface area is 147 Å². The molecule has 0 aromatic heterocycles. The van der Waals surface area contributed by atoms with Crippen LogP contribution in [0.4, 0.5) is 22.7 Å². The van der Waals surface area contributed by atoms with Crippen LogP contribution >= 0.6 is 0 Å². The molecule has 0 atom stereocenters. The van der Waals surface area contributed by atoms with E-state index in [1.54, 1.807) is 0 Å². The predicted octanol–water partition coefficient (Wildman–Crippen LogP) is 2.54. The Kier molecular flexibility index (Phi) is 5.01. The van der Waals surface area contributed by atoms with E-state index >= 15 is 0 Å². The molecule has 0 unspecified atom stereocenters. The first kappa shape index (κ1) is 18.8. The van der Waals surface area contributed by atoms with Crippen molar-refractivity contribution >= 4 is 28.7 Å². The lowest BCUT2D eigenvalue weighted by molar-refractivity contribution is -0.422. The van der Waals surface area contributed by atoms with Crippen molar-refractivity contribution in [1.29, 1.82) is 0 Å². The third kappa shape index (κ3) is 4.13. The summed E-state index contributed by atoms with van der Waals surface area (Å²) in [6.07, 6.45) is 0. The fourth-order valence-electron chi connectivity index (χ4n) is 1.96. The average Bonchev–Trinajstić information content (AvgIpc) is 2.60. The summed E-state index contributed by atoms with van der Waals surface area (Å²) in [5, 5.41) is 43.3. The number of benzene rings is 2. The highest BCUT2D eigenvalue weighted by Crippen LogP contribution is 2.31. The first-order valence-electron chi connectivity index (χ1n) is 6.69. The Morgan fingerprint density at radius 2 is 1.22 bits per heavy atom. The van der Waals surface area contributed by atoms with Gasteiger partial charge in [0.2, 0.25) is 0 Å². The lowest BCUT2D eigenvalue weighted by Gasteiger charge is -2.05. The zero-order valence-electron chi connectivity index (χ0n) is 12.8. The second-order valence-electron chi connectivity index (χ2n) is 4.81. The van der Waals surface area contributed by atoms with Crippen molar-refractivity contribution in [2.75, 3.05) is 0 Å². The maximum absolute atomic E-state index is 12.1. The minimum absolute atomic E-state index is 0.466. The third-order valence-electron chi connectivity index (χ3n) is 3.11. The molecule has 0 aliphatic heterocycles. The van der Waals surface area contributed by atoms with Gasteiger partial charge in [0.1, 0.15) is 5.75 Å². The molecule has 0 radical (unpaired) electrons. The summed E-state index contributed by atoms with van der Waals surface area (Å²) < 4.78 is 4.78. The van der Waals surface area contributed by atoms with Crippen LogP contribution in [-0.2, 0) is 0 Å². The normalized spacial score (nSPS) is 10.1. The number of carbonyl (C=O) groups excluding carboxylic acids is 1. The smallest absolute Gasteiger partial charge is 0.349 e. The maximum atomic E-state index is 12.1. The Hall–Kier alpha value is -4.49. The number of rotatable bonds is 6. The van der Waals surface area contributed by atoms with Crippen LogP contribution in [-0.4, -0.2) is 25.7 Å². The van der Waals surface area contributed by atoms with Gasteiger partial charge in [-0.15, -0.1) is 0 Å². The zero-order chi connectivity index (χ0) is 20.3. The summed E-state index contributed by atoms with van der Waals surface area (Å²) in [5.41, 5.74) is -3.84. The number of nitro benzene ring substituents is 4. The summed E-state index contributed by atoms with van der Waals surface area (Å²) in [6.45, 7) is 0. The van der Waals surface area contributed by atoms with Gasteiger partial charge in [-0.1, -0.05) is 0 Å². The lowest BCUT2D eigenvalue weighted by atomic mass is 10.1. The molecule has 14 heteroatoms. The predicted molar refractivity (Wildman–Crippen MR) is 84.5 cm³/mol. The zero-order valence-corrected chi connectivity index (χ0v) is 12.8. The summed E-state index contributed by atoms with van der Waals surface area (Å²) >= 11 is 0. The molecular weight excluding hydrogens is 372 g/mol. The van der Waals surface area contributed by atoms with E-state index in [1.165, 1.54) is 0 Å². The highest BCUT2D eigenvalue weighted by molar-refractivity contribution is 5.92. The first-order chi connectivity index (χ1) is 12.6. The second kappa shape index (κ2) is 7.18. The molecule has 14 nitrogen and oxygen atoms in total. The molecule has 0 N–H and O–H groups in total. The largest absolute Gasteiger partial charge is 0.423 e. The molecule has 2 rings (SSSR count). The molecule has 0 fully saturated rings. The number of ether oxygens (including phenoxy) is 1. The molecular formula is C13H6N4O10. The number of hydrogen-bond donors (Lipinski definition) is 0. The number of esters is 1. The Morgan fingerprint density at radius 1 is 0.704 bits per heavy atom. The second-order valence-corrected chi connectivity index (χ2v) is 4.81. The van der Waals surface area contributed by atoms with Crippen LogP contribution in [0.5, 0.6) is 5.75 Å². The minimum atomic E-state index is -1.29. The van der Waals surface area contributed by atoms with Gasteiger partial charge in [-0.05, 0) is 6.07 Å². The third-order valence-corrected chi connectivity index (χ3v) is 3.11. The van der Waals surface area contributed by atoms with Gasteiger partial charge < -0.3 is 4.74 Å². The molecule has 0 heterocycles. The van der Waals surface area contributed by atoms with Crippen LogP contribution in [0.25, 0.3) is 0 Å². The van der Waals surface area contributed by atoms with Crippen molar-refractivity contribution in [1.82, 2.24) is 0 Å². The molecule has 27 heavy (non-hydrogen) atoms. The van der Waals surface area contributed by atoms with Crippen LogP contribution in [0.15, 0.2) is 36.4 Å². The Bertz CT molecular complexity index is 970. The SMILES string of the molecule is O=C(Oc1ccc([N+](=O)[O-])c([N+](=O)[O-])c1)c1cc([N+](=O)[O-])cc([N+](=O)[O-])c1. The highest BCUT2D eigenvalue weighted by Gasteiger charge is 2.26. The summed E-state index contributed by atoms with van der Waals surface area (Å²) in [4.78, 5) is 51.4. The van der Waals surface area contributed by atoms with Crippen molar-refractivity contribution in [3.8, 4) is 5.75 Å². The molecule has 0 amide bonds. The molecule has 2 aromatic carbocycles. The highest BCUT2D eigenvalue weighted by atomic mass is 16.6. The standard InChI is InChI=1S/C13H6N4O10/c18-13(7-3-8(14(19)20)5-9(4-7)15(21)22)27-10-1-2-11(16(23)24)12(6-10)17(25)26/h1-6H. The van der Waals surface area contributed by atoms with E-state index in [2.05, 4.69) is 0 Å². The van der Waals surface area contributed by atoms with Crippen molar-refractivity contribution in [2.24, 2.45) is 0 Å². The van der Waals surface area contributed by atoms with E-state index in [4.69, 9.17) is 4.74 Å². The maximum Gasteiger partial charge on any atom is 0.349 e. The van der Waals surface area contributed by atoms with E-state index < -0.39 is 59.7 Å².